The number of aromatic amines is 1. The molecule has 2 aromatic heterocycles. The van der Waals surface area contributed by atoms with Gasteiger partial charge in [-0.1, -0.05) is 12.2 Å². The van der Waals surface area contributed by atoms with Gasteiger partial charge in [-0.25, -0.2) is 15.7 Å². The van der Waals surface area contributed by atoms with Crippen molar-refractivity contribution >= 4 is 17.8 Å². The van der Waals surface area contributed by atoms with Crippen molar-refractivity contribution in [3.05, 3.63) is 46.5 Å². The Balaban J connectivity index is 1.60. The number of ether oxygens (including phenoxy) is 1. The van der Waals surface area contributed by atoms with E-state index < -0.39 is 30.2 Å². The zero-order valence-corrected chi connectivity index (χ0v) is 16.7. The molecule has 0 bridgehead atoms. The number of amides is 1. The van der Waals surface area contributed by atoms with Gasteiger partial charge in [0.1, 0.15) is 18.1 Å². The highest BCUT2D eigenvalue weighted by Gasteiger charge is 2.35. The Kier molecular flexibility index (Phi) is 7.49. The van der Waals surface area contributed by atoms with Crippen molar-refractivity contribution in [1.29, 1.82) is 0 Å². The average Bonchev–Trinajstić information content (AvgIpc) is 3.36. The fraction of sp³-hybridized carbons (Fsp3) is 0.444. The molecule has 1 saturated heterocycles. The summed E-state index contributed by atoms with van der Waals surface area (Å²) in [5.41, 5.74) is 12.3. The molecule has 4 unspecified atom stereocenters. The van der Waals surface area contributed by atoms with Crippen molar-refractivity contribution in [3.63, 3.8) is 0 Å². The Bertz CT molecular complexity index is 960. The fourth-order valence-corrected chi connectivity index (χ4v) is 3.16. The average molecular weight is 434 g/mol. The van der Waals surface area contributed by atoms with E-state index in [9.17, 15) is 14.7 Å². The Morgan fingerprint density at radius 1 is 1.55 bits per heavy atom. The maximum absolute atomic E-state index is 12.2. The number of hydrogen-bond donors (Lipinski definition) is 6. The number of hydrogen-bond acceptors (Lipinski definition) is 10. The Morgan fingerprint density at radius 3 is 3.06 bits per heavy atom. The zero-order chi connectivity index (χ0) is 22.4. The largest absolute Gasteiger partial charge is 0.390 e. The van der Waals surface area contributed by atoms with Crippen LogP contribution in [-0.4, -0.2) is 61.9 Å². The summed E-state index contributed by atoms with van der Waals surface area (Å²) in [5, 5.41) is 12.7. The molecule has 1 aliphatic heterocycles. The summed E-state index contributed by atoms with van der Waals surface area (Å²) in [5.74, 6) is 4.74. The normalized spacial score (nSPS) is 22.1. The zero-order valence-electron chi connectivity index (χ0n) is 16.7. The van der Waals surface area contributed by atoms with Crippen LogP contribution in [0.2, 0.25) is 0 Å². The number of nitrogens with one attached hydrogen (secondary N) is 2. The van der Waals surface area contributed by atoms with Crippen molar-refractivity contribution in [3.8, 4) is 0 Å². The number of aliphatic hydroxyl groups is 1. The number of anilines is 1. The minimum absolute atomic E-state index is 0.0101. The first-order chi connectivity index (χ1) is 14.9. The van der Waals surface area contributed by atoms with Crippen LogP contribution in [0.5, 0.6) is 0 Å². The van der Waals surface area contributed by atoms with Crippen LogP contribution in [0.25, 0.3) is 6.08 Å². The van der Waals surface area contributed by atoms with Crippen LogP contribution in [-0.2, 0) is 20.8 Å². The summed E-state index contributed by atoms with van der Waals surface area (Å²) in [6.45, 7) is 0.187. The van der Waals surface area contributed by atoms with Crippen molar-refractivity contribution in [2.24, 2.45) is 11.6 Å². The van der Waals surface area contributed by atoms with Gasteiger partial charge < -0.3 is 36.4 Å². The lowest BCUT2D eigenvalue weighted by Crippen LogP contribution is -2.42. The van der Waals surface area contributed by atoms with E-state index in [2.05, 4.69) is 25.1 Å². The smallest absolute Gasteiger partial charge is 0.351 e. The molecule has 0 spiro atoms. The van der Waals surface area contributed by atoms with E-state index in [0.717, 1.165) is 5.69 Å². The van der Waals surface area contributed by atoms with Crippen LogP contribution in [0, 0.1) is 0 Å². The molecule has 13 nitrogen and oxygen atoms in total. The van der Waals surface area contributed by atoms with Crippen LogP contribution in [0.1, 0.15) is 23.9 Å². The van der Waals surface area contributed by atoms with Crippen LogP contribution in [0.4, 0.5) is 5.82 Å². The van der Waals surface area contributed by atoms with Gasteiger partial charge in [0.15, 0.2) is 0 Å². The number of carbonyl (C=O) groups is 1. The van der Waals surface area contributed by atoms with E-state index in [4.69, 9.17) is 22.1 Å². The van der Waals surface area contributed by atoms with Gasteiger partial charge >= 0.3 is 5.69 Å². The summed E-state index contributed by atoms with van der Waals surface area (Å²) < 4.78 is 6.87. The minimum atomic E-state index is -0.835. The van der Waals surface area contributed by atoms with Crippen LogP contribution >= 0.6 is 0 Å². The van der Waals surface area contributed by atoms with Crippen molar-refractivity contribution in [2.75, 3.05) is 18.9 Å². The highest BCUT2D eigenvalue weighted by molar-refractivity contribution is 5.82. The van der Waals surface area contributed by atoms with E-state index in [1.165, 1.54) is 17.1 Å². The lowest BCUT2D eigenvalue weighted by Gasteiger charge is -2.16. The molecule has 0 aromatic carbocycles. The van der Waals surface area contributed by atoms with E-state index >= 15 is 0 Å². The van der Waals surface area contributed by atoms with Gasteiger partial charge in [0, 0.05) is 43.0 Å². The van der Waals surface area contributed by atoms with Crippen LogP contribution in [0.15, 0.2) is 29.6 Å². The Labute approximate surface area is 177 Å². The molecule has 168 valence electrons. The first kappa shape index (κ1) is 22.6. The van der Waals surface area contributed by atoms with Crippen LogP contribution < -0.4 is 28.4 Å². The Hall–Kier alpha value is -3.10. The molecule has 1 aliphatic rings. The fourth-order valence-electron chi connectivity index (χ4n) is 3.16. The number of rotatable bonds is 9. The Morgan fingerprint density at radius 2 is 2.35 bits per heavy atom. The number of aromatic nitrogens is 4. The molecule has 9 N–H and O–H groups in total. The van der Waals surface area contributed by atoms with Gasteiger partial charge in [-0.15, -0.1) is 0 Å². The molecule has 0 radical (unpaired) electrons. The molecular formula is C18H26N8O5. The monoisotopic (exact) mass is 434 g/mol. The SMILES string of the molecule is NOCC1OC(n2cc(/C=C/CNC(=O)C(N)Cc3cnc[nH]3)c(N)nc2=O)CC1O. The molecule has 3 rings (SSSR count). The highest BCUT2D eigenvalue weighted by Crippen LogP contribution is 2.28. The number of aliphatic hydroxyl groups excluding tert-OH is 1. The van der Waals surface area contributed by atoms with Gasteiger partial charge in [-0.05, 0) is 0 Å². The third kappa shape index (κ3) is 5.74. The summed E-state index contributed by atoms with van der Waals surface area (Å²) in [7, 11) is 0. The second-order valence-electron chi connectivity index (χ2n) is 7.07. The summed E-state index contributed by atoms with van der Waals surface area (Å²) in [6, 6.07) is -0.723. The van der Waals surface area contributed by atoms with Gasteiger partial charge in [0.2, 0.25) is 5.91 Å². The summed E-state index contributed by atoms with van der Waals surface area (Å²) in [6.07, 6.45) is 6.16. The third-order valence-corrected chi connectivity index (χ3v) is 4.81. The molecular weight excluding hydrogens is 408 g/mol. The lowest BCUT2D eigenvalue weighted by molar-refractivity contribution is -0.122. The minimum Gasteiger partial charge on any atom is -0.390 e. The van der Waals surface area contributed by atoms with Gasteiger partial charge in [-0.3, -0.25) is 9.36 Å². The second-order valence-corrected chi connectivity index (χ2v) is 7.07. The summed E-state index contributed by atoms with van der Waals surface area (Å²) in [4.78, 5) is 39.4. The first-order valence-corrected chi connectivity index (χ1v) is 9.60. The molecule has 3 heterocycles. The molecule has 1 fully saturated rings. The molecule has 13 heteroatoms. The lowest BCUT2D eigenvalue weighted by atomic mass is 10.1. The van der Waals surface area contributed by atoms with E-state index in [-0.39, 0.29) is 31.3 Å². The number of nitrogens with zero attached hydrogens (tertiary/aromatic N) is 3. The van der Waals surface area contributed by atoms with Gasteiger partial charge in [0.05, 0.1) is 25.1 Å². The maximum atomic E-state index is 12.2. The molecule has 4 atom stereocenters. The second kappa shape index (κ2) is 10.3. The van der Waals surface area contributed by atoms with Gasteiger partial charge in [0.25, 0.3) is 0 Å². The first-order valence-electron chi connectivity index (χ1n) is 9.60. The predicted octanol–water partition coefficient (Wildman–Crippen LogP) is -2.21. The quantitative estimate of drug-likeness (QED) is 0.234. The molecule has 1 amide bonds. The number of nitrogens with two attached hydrogens (primary N) is 3. The standard InChI is InChI=1S/C18H26N8O5/c19-12(4-11-6-22-9-24-11)17(28)23-3-1-2-10-7-26(18(29)25-16(10)20)15-5-13(27)14(31-15)8-30-21/h1-2,6-7,9,12-15,27H,3-5,8,19,21H2,(H,22,24)(H,23,28)(H2,20,25,29)/b2-1+. The van der Waals surface area contributed by atoms with E-state index in [1.54, 1.807) is 18.3 Å². The molecule has 0 saturated carbocycles. The van der Waals surface area contributed by atoms with Crippen molar-refractivity contribution < 1.29 is 19.5 Å². The highest BCUT2D eigenvalue weighted by atomic mass is 16.6. The number of H-pyrrole nitrogens is 1. The number of nitrogen functional groups attached to an aromatic ring is 1. The number of imidazole rings is 1. The van der Waals surface area contributed by atoms with Crippen LogP contribution in [0.3, 0.4) is 0 Å². The summed E-state index contributed by atoms with van der Waals surface area (Å²) >= 11 is 0. The van der Waals surface area contributed by atoms with Crippen molar-refractivity contribution in [2.45, 2.75) is 37.3 Å². The van der Waals surface area contributed by atoms with Gasteiger partial charge in [-0.2, -0.15) is 4.98 Å². The molecule has 2 aromatic rings. The van der Waals surface area contributed by atoms with E-state index in [1.807, 2.05) is 0 Å². The number of carbonyl (C=O) groups excluding carboxylic acids is 1. The maximum Gasteiger partial charge on any atom is 0.351 e. The molecule has 31 heavy (non-hydrogen) atoms. The third-order valence-electron chi connectivity index (χ3n) is 4.81. The molecule has 0 aliphatic carbocycles. The topological polar surface area (TPSA) is 209 Å². The predicted molar refractivity (Wildman–Crippen MR) is 110 cm³/mol. The van der Waals surface area contributed by atoms with E-state index in [0.29, 0.717) is 12.0 Å². The van der Waals surface area contributed by atoms with Crippen molar-refractivity contribution in [1.82, 2.24) is 24.8 Å².